The molecular weight excluding hydrogens is 1430 g/mol. The number of aromatic nitrogens is 8. The molecule has 8 aromatic carbocycles. The van der Waals surface area contributed by atoms with Crippen LogP contribution in [0, 0.1) is 0 Å². The molecule has 0 radical (unpaired) electrons. The first-order valence-electron chi connectivity index (χ1n) is 34.7. The monoisotopic (exact) mass is 1500 g/mol. The van der Waals surface area contributed by atoms with Crippen LogP contribution in [0.4, 0.5) is 0 Å². The summed E-state index contributed by atoms with van der Waals surface area (Å²) in [7, 11) is 3.10. The molecule has 0 fully saturated rings. The van der Waals surface area contributed by atoms with E-state index in [2.05, 4.69) is 46.2 Å². The second kappa shape index (κ2) is 29.5. The van der Waals surface area contributed by atoms with Gasteiger partial charge in [-0.15, -0.1) is 0 Å². The minimum absolute atomic E-state index is 0.0342. The van der Waals surface area contributed by atoms with Crippen LogP contribution in [0.2, 0.25) is 0 Å². The lowest BCUT2D eigenvalue weighted by Crippen LogP contribution is -2.27. The molecule has 0 bridgehead atoms. The Balaban J connectivity index is 0.000000106. The molecule has 26 nitrogen and oxygen atoms in total. The normalized spacial score (nSPS) is 13.5. The minimum atomic E-state index is -3.86. The van der Waals surface area contributed by atoms with Gasteiger partial charge in [0, 0.05) is 138 Å². The van der Waals surface area contributed by atoms with Crippen molar-refractivity contribution in [1.29, 1.82) is 0 Å². The van der Waals surface area contributed by atoms with Crippen molar-refractivity contribution >= 4 is 144 Å². The molecule has 27 heteroatoms. The van der Waals surface area contributed by atoms with Crippen molar-refractivity contribution in [3.63, 3.8) is 0 Å². The lowest BCUT2D eigenvalue weighted by molar-refractivity contribution is 0.0910. The fraction of sp³-hybridized carbons (Fsp3) is 0.0952. The van der Waals surface area contributed by atoms with Crippen LogP contribution in [0.1, 0.15) is 82.9 Å². The molecule has 20 rings (SSSR count). The van der Waals surface area contributed by atoms with Gasteiger partial charge < -0.3 is 54.8 Å². The van der Waals surface area contributed by atoms with E-state index in [1.54, 1.807) is 124 Å². The van der Waals surface area contributed by atoms with Crippen molar-refractivity contribution in [3.8, 4) is 22.9 Å². The summed E-state index contributed by atoms with van der Waals surface area (Å²) in [5, 5.41) is 15.9. The molecule has 4 aliphatic rings. The first-order chi connectivity index (χ1) is 53.7. The number of fused-ring (bicyclic) bond motifs is 6. The van der Waals surface area contributed by atoms with Crippen LogP contribution in [-0.2, 0) is 24.1 Å². The van der Waals surface area contributed by atoms with Crippen molar-refractivity contribution in [2.24, 2.45) is 14.1 Å². The van der Waals surface area contributed by atoms with Gasteiger partial charge >= 0.3 is 0 Å². The fourth-order valence-corrected chi connectivity index (χ4v) is 15.6. The molecule has 111 heavy (non-hydrogen) atoms. The Bertz CT molecular complexity index is 6850. The van der Waals surface area contributed by atoms with E-state index >= 15 is 0 Å². The number of nitrogens with zero attached hydrogens (tertiary/aromatic N) is 5. The number of aryl methyl sites for hydroxylation is 2. The highest BCUT2D eigenvalue weighted by Gasteiger charge is 2.32. The molecule has 0 atom stereocenters. The predicted molar refractivity (Wildman–Crippen MR) is 420 cm³/mol. The number of hydrogen-bond acceptors (Lipinski definition) is 16. The molecule has 0 saturated heterocycles. The number of amides is 4. The zero-order chi connectivity index (χ0) is 77.5. The highest BCUT2D eigenvalue weighted by Crippen LogP contribution is 2.37. The number of methoxy groups -OCH3 is 2. The summed E-state index contributed by atoms with van der Waals surface area (Å²) in [5.41, 5.74) is 11.7. The second-order valence-corrected chi connectivity index (χ2v) is 27.7. The molecule has 7 N–H and O–H groups in total. The first-order valence-corrected chi connectivity index (χ1v) is 36.1. The average Bonchev–Trinajstić information content (AvgIpc) is 1.57. The standard InChI is InChI=1S/C18H14N2O2.C17H12N2O4S.2C13H10N2O2.C12H10N2O2.C11H8N2O2/c1-20-13-9-5-8-12-15(13)16(14(21)10-19-18(12)22)17(20)11-6-3-2-4-7-11;20-15-9-18-17(21)12-7-4-8-14-16(12)13(15)10-19(14)24(22,23)11-5-2-1-3-6-11;1-17-8-4-5-9-10(7-8)13(16)15-11-3-2-6-14-12(9)11;1-17-11-7-6-10-12(15-11)8-4-2-3-5-9(8)13(16)14-10;1-14-6-8-10(15)5-13-12(16)7-3-2-4-9(14)11(7)8;14-9-5-13-11(15)6-2-1-3-8-10(6)7(9)4-12-8/h2-9H,10H2,1H3,(H,19,22);1-8,10H,9H2,(H,18,21);2-7H,1H3,(H,15,16);2-7H,1H3,(H,14,16);2-4,6H,5H2,1H3,(H,13,16);1-4,12H,5H2,(H,13,15). The number of carbonyl (C=O) groups excluding carboxylic acids is 8. The van der Waals surface area contributed by atoms with Gasteiger partial charge in [0.2, 0.25) is 5.88 Å². The maximum absolute atomic E-state index is 12.9. The Labute approximate surface area is 628 Å². The van der Waals surface area contributed by atoms with Crippen molar-refractivity contribution < 1.29 is 56.2 Å². The van der Waals surface area contributed by atoms with Crippen LogP contribution in [-0.4, -0.2) is 134 Å². The van der Waals surface area contributed by atoms with E-state index in [0.717, 1.165) is 80.8 Å². The number of ketones is 4. The number of rotatable bonds is 5. The van der Waals surface area contributed by atoms with Gasteiger partial charge in [0.1, 0.15) is 5.75 Å². The molecule has 8 aromatic heterocycles. The topological polar surface area (TPSA) is 359 Å². The van der Waals surface area contributed by atoms with Gasteiger partial charge in [0.25, 0.3) is 44.8 Å². The van der Waals surface area contributed by atoms with Crippen LogP contribution in [0.15, 0.2) is 239 Å². The van der Waals surface area contributed by atoms with E-state index < -0.39 is 10.0 Å². The largest absolute Gasteiger partial charge is 0.497 e. The molecule has 550 valence electrons. The maximum atomic E-state index is 12.9. The smallest absolute Gasteiger partial charge is 0.268 e. The number of Topliss-reactive ketones (excluding diaryl/α,β-unsaturated/α-hetero) is 4. The third-order valence-corrected chi connectivity index (χ3v) is 21.1. The Morgan fingerprint density at radius 1 is 0.414 bits per heavy atom. The number of benzene rings is 8. The molecule has 4 aliphatic heterocycles. The average molecular weight is 1500 g/mol. The zero-order valence-corrected chi connectivity index (χ0v) is 60.4. The van der Waals surface area contributed by atoms with E-state index in [0.29, 0.717) is 72.2 Å². The molecule has 12 heterocycles. The first kappa shape index (κ1) is 71.9. The number of pyridine rings is 4. The number of nitrogens with one attached hydrogen (secondary N) is 7. The lowest BCUT2D eigenvalue weighted by Gasteiger charge is -2.08. The summed E-state index contributed by atoms with van der Waals surface area (Å²) in [6, 6.07) is 59.0. The van der Waals surface area contributed by atoms with E-state index in [1.165, 1.54) is 18.3 Å². The zero-order valence-electron chi connectivity index (χ0n) is 59.6. The summed E-state index contributed by atoms with van der Waals surface area (Å²) in [5.74, 6) is -0.207. The Morgan fingerprint density at radius 3 is 1.57 bits per heavy atom. The third kappa shape index (κ3) is 13.2. The summed E-state index contributed by atoms with van der Waals surface area (Å²) in [6.45, 7) is 0.0254. The summed E-state index contributed by atoms with van der Waals surface area (Å²) in [6.07, 6.45) is 6.47. The van der Waals surface area contributed by atoms with Gasteiger partial charge in [-0.3, -0.25) is 52.9 Å². The van der Waals surface area contributed by atoms with Gasteiger partial charge in [-0.2, -0.15) is 0 Å². The highest BCUT2D eigenvalue weighted by atomic mass is 32.2. The van der Waals surface area contributed by atoms with Crippen molar-refractivity contribution in [2.45, 2.75) is 4.90 Å². The van der Waals surface area contributed by atoms with E-state index in [9.17, 15) is 56.4 Å². The molecule has 16 aromatic rings. The van der Waals surface area contributed by atoms with Crippen LogP contribution < -0.4 is 41.9 Å². The fourth-order valence-electron chi connectivity index (χ4n) is 14.2. The minimum Gasteiger partial charge on any atom is -0.497 e. The van der Waals surface area contributed by atoms with Crippen molar-refractivity contribution in [2.75, 3.05) is 40.4 Å². The quantitative estimate of drug-likeness (QED) is 0.0787. The highest BCUT2D eigenvalue weighted by molar-refractivity contribution is 7.90. The summed E-state index contributed by atoms with van der Waals surface area (Å²) < 4.78 is 41.0. The summed E-state index contributed by atoms with van der Waals surface area (Å²) in [4.78, 5) is 137. The third-order valence-electron chi connectivity index (χ3n) is 19.4. The Morgan fingerprint density at radius 2 is 0.928 bits per heavy atom. The number of hydrogen-bond donors (Lipinski definition) is 7. The van der Waals surface area contributed by atoms with Crippen LogP contribution in [0.25, 0.3) is 98.5 Å². The SMILES string of the molecule is COc1ccc2[nH]c(=O)c3ccccc3c2n1.COc1ccc2c(c1)c(=O)[nH]c1cccnc12.Cn1c(-c2ccccc2)c2c3c(cccc31)C(=O)NCC2=O.Cn1cc2c3c(cccc31)C(=O)NCC2=O.O=C1CNC(=O)c2cccc3[nH]cc1c23.O=C1CNC(=O)c2cccc3c2c1cn3S(=O)(=O)c1ccccc1. The maximum Gasteiger partial charge on any atom is 0.268 e. The number of ether oxygens (including phenoxy) is 2. The van der Waals surface area contributed by atoms with Gasteiger partial charge in [-0.05, 0) is 109 Å². The van der Waals surface area contributed by atoms with E-state index in [1.807, 2.05) is 120 Å². The van der Waals surface area contributed by atoms with Crippen molar-refractivity contribution in [3.05, 3.63) is 290 Å². The molecule has 0 spiro atoms. The molecule has 0 saturated carbocycles. The number of carbonyl (C=O) groups is 8. The molecular formula is C84H64N12O14S. The molecule has 0 unspecified atom stereocenters. The van der Waals surface area contributed by atoms with Crippen LogP contribution in [0.5, 0.6) is 11.6 Å². The van der Waals surface area contributed by atoms with Gasteiger partial charge in [0.15, 0.2) is 23.1 Å². The number of H-pyrrole nitrogens is 3. The van der Waals surface area contributed by atoms with Gasteiger partial charge in [0.05, 0.1) is 89.5 Å². The van der Waals surface area contributed by atoms with E-state index in [4.69, 9.17) is 9.47 Å². The van der Waals surface area contributed by atoms with Gasteiger partial charge in [-0.1, -0.05) is 91.0 Å². The molecule has 4 amide bonds. The Hall–Kier alpha value is -14.7. The van der Waals surface area contributed by atoms with Crippen LogP contribution in [0.3, 0.4) is 0 Å². The Kier molecular flexibility index (Phi) is 19.1. The van der Waals surface area contributed by atoms with Crippen molar-refractivity contribution in [1.82, 2.24) is 59.3 Å². The van der Waals surface area contributed by atoms with E-state index in [-0.39, 0.29) is 94.5 Å². The lowest BCUT2D eigenvalue weighted by atomic mass is 10.00. The second-order valence-electron chi connectivity index (χ2n) is 25.9. The number of aromatic amines is 3. The predicted octanol–water partition coefficient (Wildman–Crippen LogP) is 10.9. The van der Waals surface area contributed by atoms with Gasteiger partial charge in [-0.25, -0.2) is 17.4 Å². The van der Waals surface area contributed by atoms with Crippen LogP contribution >= 0.6 is 0 Å². The molecule has 0 aliphatic carbocycles. The summed E-state index contributed by atoms with van der Waals surface area (Å²) >= 11 is 0.